The fourth-order valence-electron chi connectivity index (χ4n) is 2.83. The number of likely N-dealkylation sites (tertiary alicyclic amines) is 1. The molecule has 2 fully saturated rings. The van der Waals surface area contributed by atoms with E-state index >= 15 is 0 Å². The first-order chi connectivity index (χ1) is 7.88. The fraction of sp³-hybridized carbons (Fsp3) is 0.917. The van der Waals surface area contributed by atoms with Crippen LogP contribution >= 0.6 is 0 Å². The smallest absolute Gasteiger partial charge is 0.171 e. The van der Waals surface area contributed by atoms with Gasteiger partial charge in [-0.2, -0.15) is 0 Å². The van der Waals surface area contributed by atoms with E-state index in [0.717, 1.165) is 52.1 Å². The summed E-state index contributed by atoms with van der Waals surface area (Å²) < 4.78 is 11.5. The van der Waals surface area contributed by atoms with Crippen LogP contribution in [0.4, 0.5) is 0 Å². The van der Waals surface area contributed by atoms with Crippen LogP contribution in [0.15, 0.2) is 4.99 Å². The second-order valence-corrected chi connectivity index (χ2v) is 4.85. The molecule has 3 aliphatic heterocycles. The maximum atomic E-state index is 5.73. The SMILES string of the molecule is C1CCC(N2CCC3(CC2)OCCO3)=NC1. The van der Waals surface area contributed by atoms with Crippen molar-refractivity contribution in [3.8, 4) is 0 Å². The van der Waals surface area contributed by atoms with E-state index in [1.807, 2.05) is 0 Å². The van der Waals surface area contributed by atoms with Crippen LogP contribution in [0.25, 0.3) is 0 Å². The third-order valence-corrected chi connectivity index (χ3v) is 3.81. The molecular weight excluding hydrogens is 204 g/mol. The zero-order valence-corrected chi connectivity index (χ0v) is 9.78. The number of nitrogens with zero attached hydrogens (tertiary/aromatic N) is 2. The Balaban J connectivity index is 1.59. The summed E-state index contributed by atoms with van der Waals surface area (Å²) in [5.41, 5.74) is 0. The van der Waals surface area contributed by atoms with Gasteiger partial charge in [0, 0.05) is 38.9 Å². The molecule has 0 N–H and O–H groups in total. The molecule has 0 atom stereocenters. The second-order valence-electron chi connectivity index (χ2n) is 4.85. The van der Waals surface area contributed by atoms with Crippen molar-refractivity contribution in [1.29, 1.82) is 0 Å². The largest absolute Gasteiger partial charge is 0.360 e. The van der Waals surface area contributed by atoms with Crippen LogP contribution in [0.1, 0.15) is 32.1 Å². The molecule has 0 aliphatic carbocycles. The summed E-state index contributed by atoms with van der Waals surface area (Å²) in [5, 5.41) is 0. The van der Waals surface area contributed by atoms with Gasteiger partial charge in [0.1, 0.15) is 0 Å². The van der Waals surface area contributed by atoms with Crippen LogP contribution < -0.4 is 0 Å². The summed E-state index contributed by atoms with van der Waals surface area (Å²) >= 11 is 0. The highest BCUT2D eigenvalue weighted by Gasteiger charge is 2.40. The van der Waals surface area contributed by atoms with Gasteiger partial charge in [0.25, 0.3) is 0 Å². The van der Waals surface area contributed by atoms with Crippen molar-refractivity contribution < 1.29 is 9.47 Å². The van der Waals surface area contributed by atoms with Crippen molar-refractivity contribution >= 4 is 5.84 Å². The number of ether oxygens (including phenoxy) is 2. The van der Waals surface area contributed by atoms with Gasteiger partial charge < -0.3 is 14.4 Å². The van der Waals surface area contributed by atoms with Crippen LogP contribution in [0.3, 0.4) is 0 Å². The number of aliphatic imine (C=N–C) groups is 1. The molecule has 0 aromatic rings. The lowest BCUT2D eigenvalue weighted by Crippen LogP contribution is -2.47. The van der Waals surface area contributed by atoms with E-state index < -0.39 is 0 Å². The Kier molecular flexibility index (Phi) is 2.86. The molecule has 1 spiro atoms. The van der Waals surface area contributed by atoms with E-state index in [9.17, 15) is 0 Å². The predicted molar refractivity (Wildman–Crippen MR) is 61.6 cm³/mol. The summed E-state index contributed by atoms with van der Waals surface area (Å²) in [4.78, 5) is 7.06. The third-order valence-electron chi connectivity index (χ3n) is 3.81. The van der Waals surface area contributed by atoms with Crippen LogP contribution in [0.2, 0.25) is 0 Å². The van der Waals surface area contributed by atoms with Gasteiger partial charge in [0.2, 0.25) is 0 Å². The highest BCUT2D eigenvalue weighted by molar-refractivity contribution is 5.82. The number of hydrogen-bond acceptors (Lipinski definition) is 4. The topological polar surface area (TPSA) is 34.1 Å². The normalized spacial score (nSPS) is 29.5. The zero-order chi connectivity index (χ0) is 10.8. The fourth-order valence-corrected chi connectivity index (χ4v) is 2.83. The molecule has 0 amide bonds. The summed E-state index contributed by atoms with van der Waals surface area (Å²) in [6.45, 7) is 4.63. The minimum absolute atomic E-state index is 0.244. The first-order valence-corrected chi connectivity index (χ1v) is 6.44. The van der Waals surface area contributed by atoms with Crippen molar-refractivity contribution in [3.63, 3.8) is 0 Å². The molecule has 3 heterocycles. The van der Waals surface area contributed by atoms with Crippen LogP contribution in [-0.4, -0.2) is 49.4 Å². The van der Waals surface area contributed by atoms with Crippen molar-refractivity contribution in [2.45, 2.75) is 37.9 Å². The number of rotatable bonds is 0. The minimum Gasteiger partial charge on any atom is -0.360 e. The quantitative estimate of drug-likeness (QED) is 0.624. The maximum Gasteiger partial charge on any atom is 0.171 e. The summed E-state index contributed by atoms with van der Waals surface area (Å²) in [6, 6.07) is 0. The lowest BCUT2D eigenvalue weighted by Gasteiger charge is -2.39. The Morgan fingerprint density at radius 3 is 2.44 bits per heavy atom. The van der Waals surface area contributed by atoms with E-state index in [1.165, 1.54) is 18.7 Å². The van der Waals surface area contributed by atoms with Crippen molar-refractivity contribution in [2.75, 3.05) is 32.8 Å². The van der Waals surface area contributed by atoms with Crippen molar-refractivity contribution in [2.24, 2.45) is 4.99 Å². The van der Waals surface area contributed by atoms with Gasteiger partial charge in [0.05, 0.1) is 19.0 Å². The number of piperidine rings is 1. The highest BCUT2D eigenvalue weighted by Crippen LogP contribution is 2.31. The molecule has 3 aliphatic rings. The Labute approximate surface area is 96.6 Å². The Morgan fingerprint density at radius 2 is 1.81 bits per heavy atom. The van der Waals surface area contributed by atoms with Gasteiger partial charge >= 0.3 is 0 Å². The first kappa shape index (κ1) is 10.5. The van der Waals surface area contributed by atoms with Gasteiger partial charge in [-0.25, -0.2) is 0 Å². The number of hydrogen-bond donors (Lipinski definition) is 0. The van der Waals surface area contributed by atoms with Gasteiger partial charge in [-0.05, 0) is 12.8 Å². The predicted octanol–water partition coefficient (Wildman–Crippen LogP) is 1.41. The Bertz CT molecular complexity index is 275. The van der Waals surface area contributed by atoms with E-state index in [-0.39, 0.29) is 5.79 Å². The third kappa shape index (κ3) is 1.96. The van der Waals surface area contributed by atoms with E-state index in [2.05, 4.69) is 9.89 Å². The van der Waals surface area contributed by atoms with Gasteiger partial charge in [-0.15, -0.1) is 0 Å². The first-order valence-electron chi connectivity index (χ1n) is 6.44. The highest BCUT2D eigenvalue weighted by atomic mass is 16.7. The molecule has 0 aromatic heterocycles. The van der Waals surface area contributed by atoms with Crippen molar-refractivity contribution in [3.05, 3.63) is 0 Å². The van der Waals surface area contributed by atoms with E-state index in [4.69, 9.17) is 9.47 Å². The standard InChI is InChI=1S/C12H20N2O2/c1-2-6-13-11(3-1)14-7-4-12(5-8-14)15-9-10-16-12/h1-10H2. The molecule has 3 rings (SSSR count). The monoisotopic (exact) mass is 224 g/mol. The molecule has 4 nitrogen and oxygen atoms in total. The molecule has 4 heteroatoms. The maximum absolute atomic E-state index is 5.73. The molecule has 2 saturated heterocycles. The van der Waals surface area contributed by atoms with Crippen molar-refractivity contribution in [1.82, 2.24) is 4.90 Å². The molecule has 0 radical (unpaired) electrons. The molecular formula is C12H20N2O2. The summed E-state index contributed by atoms with van der Waals surface area (Å²) in [6.07, 6.45) is 5.70. The lowest BCUT2D eigenvalue weighted by atomic mass is 10.0. The molecule has 16 heavy (non-hydrogen) atoms. The van der Waals surface area contributed by atoms with Gasteiger partial charge in [0.15, 0.2) is 5.79 Å². The second kappa shape index (κ2) is 4.34. The van der Waals surface area contributed by atoms with E-state index in [1.54, 1.807) is 0 Å². The summed E-state index contributed by atoms with van der Waals surface area (Å²) in [5.74, 6) is 1.07. The van der Waals surface area contributed by atoms with Gasteiger partial charge in [-0.3, -0.25) is 4.99 Å². The molecule has 90 valence electrons. The van der Waals surface area contributed by atoms with Crippen LogP contribution in [0, 0.1) is 0 Å². The molecule has 0 aromatic carbocycles. The van der Waals surface area contributed by atoms with Gasteiger partial charge in [-0.1, -0.05) is 0 Å². The molecule has 0 saturated carbocycles. The number of amidine groups is 1. The van der Waals surface area contributed by atoms with Crippen LogP contribution in [0.5, 0.6) is 0 Å². The summed E-state index contributed by atoms with van der Waals surface area (Å²) in [7, 11) is 0. The Morgan fingerprint density at radius 1 is 1.06 bits per heavy atom. The average molecular weight is 224 g/mol. The lowest BCUT2D eigenvalue weighted by molar-refractivity contribution is -0.180. The van der Waals surface area contributed by atoms with E-state index in [0.29, 0.717) is 0 Å². The minimum atomic E-state index is -0.244. The van der Waals surface area contributed by atoms with Crippen LogP contribution in [-0.2, 0) is 9.47 Å². The molecule has 0 bridgehead atoms. The zero-order valence-electron chi connectivity index (χ0n) is 9.78. The Hall–Kier alpha value is -0.610. The molecule has 0 unspecified atom stereocenters. The average Bonchev–Trinajstić information content (AvgIpc) is 2.80.